The molecular formula is C12H25N3O. The summed E-state index contributed by atoms with van der Waals surface area (Å²) in [6.45, 7) is 6.51. The van der Waals surface area contributed by atoms with Crippen LogP contribution in [0.1, 0.15) is 33.1 Å². The van der Waals surface area contributed by atoms with Crippen LogP contribution in [0.4, 0.5) is 0 Å². The van der Waals surface area contributed by atoms with E-state index in [4.69, 9.17) is 5.73 Å². The fourth-order valence-electron chi connectivity index (χ4n) is 2.29. The Morgan fingerprint density at radius 3 is 2.75 bits per heavy atom. The van der Waals surface area contributed by atoms with E-state index in [2.05, 4.69) is 11.9 Å². The minimum absolute atomic E-state index is 0.0708. The first-order valence-corrected chi connectivity index (χ1v) is 6.30. The van der Waals surface area contributed by atoms with Gasteiger partial charge in [0.2, 0.25) is 5.91 Å². The van der Waals surface area contributed by atoms with Gasteiger partial charge in [0, 0.05) is 19.1 Å². The first-order chi connectivity index (χ1) is 7.56. The highest BCUT2D eigenvalue weighted by Crippen LogP contribution is 2.16. The van der Waals surface area contributed by atoms with Crippen LogP contribution >= 0.6 is 0 Å². The zero-order chi connectivity index (χ0) is 12.1. The summed E-state index contributed by atoms with van der Waals surface area (Å²) in [6.07, 6.45) is 3.75. The topological polar surface area (TPSA) is 49.6 Å². The maximum atomic E-state index is 11.8. The number of piperidine rings is 1. The van der Waals surface area contributed by atoms with Gasteiger partial charge in [0.25, 0.3) is 0 Å². The molecule has 4 heteroatoms. The lowest BCUT2D eigenvalue weighted by Crippen LogP contribution is -2.50. The molecule has 0 bridgehead atoms. The molecule has 1 heterocycles. The van der Waals surface area contributed by atoms with Crippen molar-refractivity contribution in [2.75, 3.05) is 26.7 Å². The number of hydrogen-bond acceptors (Lipinski definition) is 3. The number of rotatable bonds is 4. The Bertz CT molecular complexity index is 230. The lowest BCUT2D eigenvalue weighted by atomic mass is 10.0. The van der Waals surface area contributed by atoms with Crippen molar-refractivity contribution in [3.63, 3.8) is 0 Å². The molecule has 0 aromatic rings. The molecular weight excluding hydrogens is 202 g/mol. The second kappa shape index (κ2) is 6.21. The minimum atomic E-state index is -0.381. The largest absolute Gasteiger partial charge is 0.340 e. The van der Waals surface area contributed by atoms with Gasteiger partial charge >= 0.3 is 0 Å². The van der Waals surface area contributed by atoms with Gasteiger partial charge in [0.1, 0.15) is 0 Å². The SMILES string of the molecule is CCN(CC1CCCCN1C)C(=O)[C@H](C)N. The summed E-state index contributed by atoms with van der Waals surface area (Å²) in [6, 6.07) is 0.130. The van der Waals surface area contributed by atoms with Crippen LogP contribution in [0.5, 0.6) is 0 Å². The van der Waals surface area contributed by atoms with Crippen LogP contribution < -0.4 is 5.73 Å². The molecule has 1 amide bonds. The first kappa shape index (κ1) is 13.5. The smallest absolute Gasteiger partial charge is 0.239 e. The zero-order valence-electron chi connectivity index (χ0n) is 10.8. The van der Waals surface area contributed by atoms with E-state index in [0.717, 1.165) is 19.6 Å². The van der Waals surface area contributed by atoms with Gasteiger partial charge in [0.15, 0.2) is 0 Å². The van der Waals surface area contributed by atoms with Crippen molar-refractivity contribution in [2.24, 2.45) is 5.73 Å². The number of amides is 1. The molecule has 0 spiro atoms. The maximum Gasteiger partial charge on any atom is 0.239 e. The number of nitrogens with zero attached hydrogens (tertiary/aromatic N) is 2. The van der Waals surface area contributed by atoms with Gasteiger partial charge in [-0.2, -0.15) is 0 Å². The van der Waals surface area contributed by atoms with E-state index in [0.29, 0.717) is 6.04 Å². The fourth-order valence-corrected chi connectivity index (χ4v) is 2.29. The van der Waals surface area contributed by atoms with Crippen LogP contribution in [0.2, 0.25) is 0 Å². The van der Waals surface area contributed by atoms with Gasteiger partial charge in [0.05, 0.1) is 6.04 Å². The highest BCUT2D eigenvalue weighted by Gasteiger charge is 2.24. The lowest BCUT2D eigenvalue weighted by molar-refractivity contribution is -0.132. The molecule has 2 atom stereocenters. The number of nitrogens with two attached hydrogens (primary N) is 1. The highest BCUT2D eigenvalue weighted by molar-refractivity contribution is 5.81. The average Bonchev–Trinajstić information content (AvgIpc) is 2.27. The summed E-state index contributed by atoms with van der Waals surface area (Å²) in [5.41, 5.74) is 5.65. The third-order valence-corrected chi connectivity index (χ3v) is 3.44. The second-order valence-electron chi connectivity index (χ2n) is 4.80. The molecule has 1 rings (SSSR count). The van der Waals surface area contributed by atoms with Crippen LogP contribution in [-0.2, 0) is 4.79 Å². The average molecular weight is 227 g/mol. The summed E-state index contributed by atoms with van der Waals surface area (Å²) in [4.78, 5) is 16.1. The molecule has 0 saturated carbocycles. The Morgan fingerprint density at radius 1 is 1.56 bits per heavy atom. The Labute approximate surface area is 98.8 Å². The summed E-state index contributed by atoms with van der Waals surface area (Å²) in [5.74, 6) is 0.0708. The molecule has 1 saturated heterocycles. The molecule has 2 N–H and O–H groups in total. The normalized spacial score (nSPS) is 24.1. The highest BCUT2D eigenvalue weighted by atomic mass is 16.2. The van der Waals surface area contributed by atoms with Crippen molar-refractivity contribution < 1.29 is 4.79 Å². The number of carbonyl (C=O) groups is 1. The van der Waals surface area contributed by atoms with Crippen LogP contribution in [0.3, 0.4) is 0 Å². The fraction of sp³-hybridized carbons (Fsp3) is 0.917. The van der Waals surface area contributed by atoms with E-state index in [1.54, 1.807) is 6.92 Å². The number of likely N-dealkylation sites (N-methyl/N-ethyl adjacent to an activating group) is 2. The number of carbonyl (C=O) groups excluding carboxylic acids is 1. The van der Waals surface area contributed by atoms with Gasteiger partial charge in [-0.25, -0.2) is 0 Å². The van der Waals surface area contributed by atoms with Gasteiger partial charge < -0.3 is 15.5 Å². The minimum Gasteiger partial charge on any atom is -0.340 e. The Balaban J connectivity index is 2.51. The van der Waals surface area contributed by atoms with E-state index in [1.807, 2.05) is 11.8 Å². The van der Waals surface area contributed by atoms with E-state index >= 15 is 0 Å². The quantitative estimate of drug-likeness (QED) is 0.768. The first-order valence-electron chi connectivity index (χ1n) is 6.30. The molecule has 16 heavy (non-hydrogen) atoms. The Kier molecular flexibility index (Phi) is 5.22. The molecule has 0 aliphatic carbocycles. The van der Waals surface area contributed by atoms with Crippen molar-refractivity contribution in [1.82, 2.24) is 9.80 Å². The van der Waals surface area contributed by atoms with E-state index in [9.17, 15) is 4.79 Å². The van der Waals surface area contributed by atoms with Gasteiger partial charge in [-0.15, -0.1) is 0 Å². The maximum absolute atomic E-state index is 11.8. The third-order valence-electron chi connectivity index (χ3n) is 3.44. The van der Waals surface area contributed by atoms with E-state index in [-0.39, 0.29) is 11.9 Å². The lowest BCUT2D eigenvalue weighted by Gasteiger charge is -2.36. The molecule has 0 aromatic heterocycles. The van der Waals surface area contributed by atoms with Crippen LogP contribution in [-0.4, -0.2) is 54.5 Å². The predicted molar refractivity (Wildman–Crippen MR) is 66.2 cm³/mol. The Morgan fingerprint density at radius 2 is 2.25 bits per heavy atom. The molecule has 1 aliphatic rings. The third kappa shape index (κ3) is 3.46. The van der Waals surface area contributed by atoms with Gasteiger partial charge in [-0.1, -0.05) is 6.42 Å². The van der Waals surface area contributed by atoms with Crippen LogP contribution in [0.15, 0.2) is 0 Å². The summed E-state index contributed by atoms with van der Waals surface area (Å²) in [7, 11) is 2.15. The van der Waals surface area contributed by atoms with Crippen LogP contribution in [0.25, 0.3) is 0 Å². The van der Waals surface area contributed by atoms with Crippen molar-refractivity contribution in [3.8, 4) is 0 Å². The van der Waals surface area contributed by atoms with Gasteiger partial charge in [-0.05, 0) is 40.3 Å². The van der Waals surface area contributed by atoms with Crippen LogP contribution in [0, 0.1) is 0 Å². The molecule has 94 valence electrons. The van der Waals surface area contributed by atoms with Gasteiger partial charge in [-0.3, -0.25) is 4.79 Å². The summed E-state index contributed by atoms with van der Waals surface area (Å²) >= 11 is 0. The molecule has 0 aromatic carbocycles. The standard InChI is InChI=1S/C12H25N3O/c1-4-15(12(16)10(2)13)9-11-7-5-6-8-14(11)3/h10-11H,4-9,13H2,1-3H3/t10-,11?/m0/s1. The zero-order valence-corrected chi connectivity index (χ0v) is 10.8. The molecule has 1 unspecified atom stereocenters. The number of likely N-dealkylation sites (tertiary alicyclic amines) is 1. The molecule has 0 radical (unpaired) electrons. The Hall–Kier alpha value is -0.610. The van der Waals surface area contributed by atoms with E-state index < -0.39 is 0 Å². The van der Waals surface area contributed by atoms with Crippen molar-refractivity contribution in [2.45, 2.75) is 45.2 Å². The number of hydrogen-bond donors (Lipinski definition) is 1. The second-order valence-corrected chi connectivity index (χ2v) is 4.80. The summed E-state index contributed by atoms with van der Waals surface area (Å²) < 4.78 is 0. The predicted octanol–water partition coefficient (Wildman–Crippen LogP) is 0.666. The van der Waals surface area contributed by atoms with Crippen molar-refractivity contribution in [1.29, 1.82) is 0 Å². The molecule has 1 fully saturated rings. The van der Waals surface area contributed by atoms with Crippen molar-refractivity contribution in [3.05, 3.63) is 0 Å². The summed E-state index contributed by atoms with van der Waals surface area (Å²) in [5, 5.41) is 0. The molecule has 1 aliphatic heterocycles. The monoisotopic (exact) mass is 227 g/mol. The van der Waals surface area contributed by atoms with E-state index in [1.165, 1.54) is 19.3 Å². The molecule has 4 nitrogen and oxygen atoms in total. The van der Waals surface area contributed by atoms with Crippen molar-refractivity contribution >= 4 is 5.91 Å².